The van der Waals surface area contributed by atoms with Crippen LogP contribution < -0.4 is 5.32 Å². The van der Waals surface area contributed by atoms with E-state index in [-0.39, 0.29) is 36.5 Å². The number of aromatic nitrogens is 1. The number of benzene rings is 1. The number of esters is 1. The van der Waals surface area contributed by atoms with Crippen LogP contribution in [0.3, 0.4) is 0 Å². The van der Waals surface area contributed by atoms with Crippen molar-refractivity contribution in [2.45, 2.75) is 89.7 Å². The second-order valence-electron chi connectivity index (χ2n) is 11.7. The number of H-pyrrole nitrogens is 1. The number of fused-ring (bicyclic) bond motifs is 3. The normalized spacial score (nSPS) is 37.9. The van der Waals surface area contributed by atoms with Gasteiger partial charge in [-0.1, -0.05) is 32.0 Å². The molecule has 4 aliphatic heterocycles. The van der Waals surface area contributed by atoms with Crippen molar-refractivity contribution in [3.05, 3.63) is 36.0 Å². The van der Waals surface area contributed by atoms with Gasteiger partial charge in [0.2, 0.25) is 18.0 Å². The molecule has 4 saturated heterocycles. The molecule has 1 aliphatic carbocycles. The molecule has 1 saturated carbocycles. The van der Waals surface area contributed by atoms with Gasteiger partial charge < -0.3 is 24.5 Å². The van der Waals surface area contributed by atoms with E-state index in [1.807, 2.05) is 38.2 Å². The number of carbonyl (C=O) groups is 2. The molecule has 2 aromatic rings. The van der Waals surface area contributed by atoms with Crippen LogP contribution in [0.1, 0.15) is 64.9 Å². The predicted octanol–water partition coefficient (Wildman–Crippen LogP) is 4.36. The summed E-state index contributed by atoms with van der Waals surface area (Å²) < 4.78 is 18.4. The number of amides is 1. The van der Waals surface area contributed by atoms with E-state index in [0.29, 0.717) is 18.9 Å². The van der Waals surface area contributed by atoms with Crippen molar-refractivity contribution < 1.29 is 33.6 Å². The second-order valence-corrected chi connectivity index (χ2v) is 11.7. The van der Waals surface area contributed by atoms with E-state index in [4.69, 9.17) is 24.0 Å². The number of rotatable bonds is 7. The van der Waals surface area contributed by atoms with Crippen molar-refractivity contribution in [3.8, 4) is 0 Å². The zero-order chi connectivity index (χ0) is 26.5. The Morgan fingerprint density at radius 1 is 1.11 bits per heavy atom. The molecule has 5 fully saturated rings. The Hall–Kier alpha value is -2.46. The van der Waals surface area contributed by atoms with Crippen molar-refractivity contribution in [3.63, 3.8) is 0 Å². The Balaban J connectivity index is 1.02. The number of nitrogens with one attached hydrogen (secondary N) is 2. The molecule has 2 bridgehead atoms. The maximum Gasteiger partial charge on any atom is 0.308 e. The van der Waals surface area contributed by atoms with Gasteiger partial charge in [0.15, 0.2) is 11.9 Å². The number of carbonyl (C=O) groups excluding carboxylic acids is 2. The van der Waals surface area contributed by atoms with E-state index >= 15 is 0 Å². The van der Waals surface area contributed by atoms with E-state index in [9.17, 15) is 9.59 Å². The fourth-order valence-corrected chi connectivity index (χ4v) is 7.17. The summed E-state index contributed by atoms with van der Waals surface area (Å²) in [5.41, 5.74) is 1.54. The SMILES string of the molecule is C[C@H]1[C@H](OC(=O)CCC(=O)NCCc2c[nH]c3ccccc23)O[C@@H]2O[C@]3(C)CC[C@H]4[C@H](C)CC[C@@H]1C24OO3. The molecule has 7 rings (SSSR count). The molecule has 1 aromatic heterocycles. The lowest BCUT2D eigenvalue weighted by Crippen LogP contribution is -2.70. The lowest BCUT2D eigenvalue weighted by molar-refractivity contribution is -0.576. The van der Waals surface area contributed by atoms with E-state index in [0.717, 1.165) is 42.1 Å². The third-order valence-corrected chi connectivity index (χ3v) is 9.29. The first-order chi connectivity index (χ1) is 18.3. The highest BCUT2D eigenvalue weighted by Crippen LogP contribution is 2.60. The number of aromatic amines is 1. The molecule has 1 amide bonds. The predicted molar refractivity (Wildman–Crippen MR) is 137 cm³/mol. The quantitative estimate of drug-likeness (QED) is 0.408. The average Bonchev–Trinajstić information content (AvgIpc) is 3.17. The van der Waals surface area contributed by atoms with Gasteiger partial charge in [-0.05, 0) is 56.1 Å². The van der Waals surface area contributed by atoms with Crippen LogP contribution in [-0.4, -0.2) is 47.4 Å². The van der Waals surface area contributed by atoms with Gasteiger partial charge in [-0.15, -0.1) is 0 Å². The lowest BCUT2D eigenvalue weighted by Gasteiger charge is -2.59. The number of hydrogen-bond donors (Lipinski definition) is 2. The molecule has 1 spiro atoms. The molecule has 9 nitrogen and oxygen atoms in total. The van der Waals surface area contributed by atoms with Crippen molar-refractivity contribution in [1.29, 1.82) is 0 Å². The van der Waals surface area contributed by atoms with Gasteiger partial charge in [-0.25, -0.2) is 9.78 Å². The van der Waals surface area contributed by atoms with E-state index < -0.39 is 29.9 Å². The molecule has 1 aromatic carbocycles. The fourth-order valence-electron chi connectivity index (χ4n) is 7.17. The summed E-state index contributed by atoms with van der Waals surface area (Å²) in [5, 5.41) is 4.07. The Morgan fingerprint density at radius 3 is 2.82 bits per heavy atom. The van der Waals surface area contributed by atoms with Gasteiger partial charge in [0.1, 0.15) is 0 Å². The minimum Gasteiger partial charge on any atom is -0.435 e. The molecule has 0 radical (unpaired) electrons. The Labute approximate surface area is 222 Å². The molecule has 5 heterocycles. The summed E-state index contributed by atoms with van der Waals surface area (Å²) >= 11 is 0. The summed E-state index contributed by atoms with van der Waals surface area (Å²) in [4.78, 5) is 40.4. The first-order valence-electron chi connectivity index (χ1n) is 14.0. The zero-order valence-electron chi connectivity index (χ0n) is 22.4. The third-order valence-electron chi connectivity index (χ3n) is 9.29. The van der Waals surface area contributed by atoms with Crippen LogP contribution in [0.15, 0.2) is 30.5 Å². The number of ether oxygens (including phenoxy) is 3. The van der Waals surface area contributed by atoms with Gasteiger partial charge in [0.25, 0.3) is 0 Å². The van der Waals surface area contributed by atoms with Crippen LogP contribution in [0.5, 0.6) is 0 Å². The largest absolute Gasteiger partial charge is 0.435 e. The van der Waals surface area contributed by atoms with E-state index in [2.05, 4.69) is 23.3 Å². The van der Waals surface area contributed by atoms with Crippen LogP contribution in [-0.2, 0) is 40.0 Å². The number of para-hydroxylation sites is 1. The highest BCUT2D eigenvalue weighted by molar-refractivity contribution is 5.83. The van der Waals surface area contributed by atoms with E-state index in [1.165, 1.54) is 0 Å². The highest BCUT2D eigenvalue weighted by Gasteiger charge is 2.69. The molecular weight excluding hydrogens is 488 g/mol. The lowest BCUT2D eigenvalue weighted by atomic mass is 9.58. The fraction of sp³-hybridized carbons (Fsp3) is 0.655. The monoisotopic (exact) mass is 526 g/mol. The minimum absolute atomic E-state index is 0.0101. The average molecular weight is 527 g/mol. The molecule has 1 unspecified atom stereocenters. The number of hydrogen-bond acceptors (Lipinski definition) is 7. The third kappa shape index (κ3) is 4.43. The van der Waals surface area contributed by atoms with Gasteiger partial charge in [0.05, 0.1) is 6.42 Å². The Kier molecular flexibility index (Phi) is 6.74. The van der Waals surface area contributed by atoms with Gasteiger partial charge in [0, 0.05) is 48.3 Å². The molecule has 9 heteroatoms. The van der Waals surface area contributed by atoms with E-state index in [1.54, 1.807) is 0 Å². The smallest absolute Gasteiger partial charge is 0.308 e. The summed E-state index contributed by atoms with van der Waals surface area (Å²) in [6.45, 7) is 6.68. The maximum absolute atomic E-state index is 12.8. The highest BCUT2D eigenvalue weighted by atomic mass is 17.3. The first-order valence-corrected chi connectivity index (χ1v) is 14.0. The Bertz CT molecular complexity index is 1200. The molecule has 38 heavy (non-hydrogen) atoms. The van der Waals surface area contributed by atoms with Crippen LogP contribution in [0.2, 0.25) is 0 Å². The van der Waals surface area contributed by atoms with Crippen LogP contribution >= 0.6 is 0 Å². The van der Waals surface area contributed by atoms with Gasteiger partial charge in [-0.2, -0.15) is 0 Å². The minimum atomic E-state index is -0.878. The van der Waals surface area contributed by atoms with Gasteiger partial charge >= 0.3 is 5.97 Å². The Morgan fingerprint density at radius 2 is 1.95 bits per heavy atom. The van der Waals surface area contributed by atoms with Crippen molar-refractivity contribution >= 4 is 22.8 Å². The topological polar surface area (TPSA) is 108 Å². The van der Waals surface area contributed by atoms with Crippen LogP contribution in [0, 0.1) is 23.7 Å². The van der Waals surface area contributed by atoms with Crippen molar-refractivity contribution in [2.24, 2.45) is 23.7 Å². The van der Waals surface area contributed by atoms with Crippen LogP contribution in [0.25, 0.3) is 10.9 Å². The molecule has 2 N–H and O–H groups in total. The first kappa shape index (κ1) is 25.8. The van der Waals surface area contributed by atoms with Crippen molar-refractivity contribution in [2.75, 3.05) is 6.54 Å². The van der Waals surface area contributed by atoms with Crippen molar-refractivity contribution in [1.82, 2.24) is 10.3 Å². The summed E-state index contributed by atoms with van der Waals surface area (Å²) in [5.74, 6) is -0.802. The zero-order valence-corrected chi connectivity index (χ0v) is 22.4. The molecule has 5 aliphatic rings. The molecule has 206 valence electrons. The summed E-state index contributed by atoms with van der Waals surface area (Å²) in [6, 6.07) is 8.08. The van der Waals surface area contributed by atoms with Gasteiger partial charge in [-0.3, -0.25) is 9.59 Å². The molecule has 8 atom stereocenters. The summed E-state index contributed by atoms with van der Waals surface area (Å²) in [7, 11) is 0. The summed E-state index contributed by atoms with van der Waals surface area (Å²) in [6.07, 6.45) is 4.99. The second kappa shape index (κ2) is 9.93. The standard InChI is InChI=1S/C29H38N2O7/c1-17-8-9-22-18(2)26(35-27-29(22)21(17)12-14-28(3,36-27)37-38-29)34-25(33)11-10-24(32)30-15-13-19-16-31-23-7-5-4-6-20(19)23/h4-7,16-18,21-22,26-27,31H,8-15H2,1-3H3,(H,30,32)/t17-,18-,21+,22+,26-,27-,28+,29?/m1/s1. The molecular formula is C29H38N2O7. The van der Waals surface area contributed by atoms with Crippen LogP contribution in [0.4, 0.5) is 0 Å². The maximum atomic E-state index is 12.8.